The average Bonchev–Trinajstić information content (AvgIpc) is 2.61. The van der Waals surface area contributed by atoms with Crippen molar-refractivity contribution in [3.63, 3.8) is 0 Å². The quantitative estimate of drug-likeness (QED) is 0.543. The summed E-state index contributed by atoms with van der Waals surface area (Å²) in [5.41, 5.74) is 4.80. The fourth-order valence-electron chi connectivity index (χ4n) is 2.49. The molecule has 0 unspecified atom stereocenters. The third-order valence-corrected chi connectivity index (χ3v) is 4.59. The number of esters is 1. The molecular formula is C21H22BrNO3. The molecule has 2 rings (SSSR count). The summed E-state index contributed by atoms with van der Waals surface area (Å²) in [5, 5.41) is 2.83. The van der Waals surface area contributed by atoms with Gasteiger partial charge in [0.2, 0.25) is 0 Å². The zero-order valence-corrected chi connectivity index (χ0v) is 16.7. The standard InChI is InChI=1S/C21H22BrNO3/c1-4-16-7-5-6-15(3)21(16)23-19(24)13-26-20(25)11-10-17-9-8-14(2)12-18(17)22/h5-12H,4,13H2,1-3H3,(H,23,24)/b11-10+. The Morgan fingerprint density at radius 3 is 2.65 bits per heavy atom. The fraction of sp³-hybridized carbons (Fsp3) is 0.238. The topological polar surface area (TPSA) is 55.4 Å². The van der Waals surface area contributed by atoms with Gasteiger partial charge in [-0.3, -0.25) is 4.79 Å². The molecule has 26 heavy (non-hydrogen) atoms. The van der Waals surface area contributed by atoms with Crippen molar-refractivity contribution in [1.29, 1.82) is 0 Å². The van der Waals surface area contributed by atoms with Crippen molar-refractivity contribution < 1.29 is 14.3 Å². The summed E-state index contributed by atoms with van der Waals surface area (Å²) in [4.78, 5) is 23.9. The van der Waals surface area contributed by atoms with Crippen molar-refractivity contribution in [3.8, 4) is 0 Å². The van der Waals surface area contributed by atoms with E-state index in [-0.39, 0.29) is 12.5 Å². The molecule has 5 heteroatoms. The largest absolute Gasteiger partial charge is 0.452 e. The number of carbonyl (C=O) groups is 2. The second-order valence-electron chi connectivity index (χ2n) is 5.98. The van der Waals surface area contributed by atoms with Crippen LogP contribution in [0.15, 0.2) is 46.9 Å². The van der Waals surface area contributed by atoms with E-state index in [1.807, 2.05) is 57.2 Å². The van der Waals surface area contributed by atoms with Crippen LogP contribution in [0.2, 0.25) is 0 Å². The number of rotatable bonds is 6. The van der Waals surface area contributed by atoms with Crippen LogP contribution in [-0.4, -0.2) is 18.5 Å². The first-order valence-corrected chi connectivity index (χ1v) is 9.19. The lowest BCUT2D eigenvalue weighted by Gasteiger charge is -2.12. The zero-order chi connectivity index (χ0) is 19.1. The van der Waals surface area contributed by atoms with Gasteiger partial charge in [-0.2, -0.15) is 0 Å². The van der Waals surface area contributed by atoms with E-state index in [0.29, 0.717) is 0 Å². The van der Waals surface area contributed by atoms with Gasteiger partial charge in [-0.05, 0) is 54.7 Å². The highest BCUT2D eigenvalue weighted by Gasteiger charge is 2.10. The molecule has 136 valence electrons. The van der Waals surface area contributed by atoms with E-state index in [2.05, 4.69) is 21.2 Å². The molecule has 0 spiro atoms. The highest BCUT2D eigenvalue weighted by Crippen LogP contribution is 2.21. The van der Waals surface area contributed by atoms with Gasteiger partial charge in [-0.1, -0.05) is 53.2 Å². The van der Waals surface area contributed by atoms with Gasteiger partial charge >= 0.3 is 5.97 Å². The van der Waals surface area contributed by atoms with E-state index in [9.17, 15) is 9.59 Å². The molecule has 0 aromatic heterocycles. The maximum Gasteiger partial charge on any atom is 0.331 e. The molecule has 0 radical (unpaired) electrons. The molecule has 2 aromatic carbocycles. The zero-order valence-electron chi connectivity index (χ0n) is 15.1. The molecule has 2 aromatic rings. The number of halogens is 1. The number of amides is 1. The number of hydrogen-bond acceptors (Lipinski definition) is 3. The molecule has 0 aliphatic carbocycles. The highest BCUT2D eigenvalue weighted by molar-refractivity contribution is 9.10. The molecule has 4 nitrogen and oxygen atoms in total. The number of carbonyl (C=O) groups excluding carboxylic acids is 2. The van der Waals surface area contributed by atoms with Gasteiger partial charge in [0.15, 0.2) is 6.61 Å². The predicted molar refractivity (Wildman–Crippen MR) is 108 cm³/mol. The minimum atomic E-state index is -0.562. The molecule has 0 saturated carbocycles. The van der Waals surface area contributed by atoms with Crippen LogP contribution in [0.4, 0.5) is 5.69 Å². The van der Waals surface area contributed by atoms with Gasteiger partial charge in [-0.15, -0.1) is 0 Å². The van der Waals surface area contributed by atoms with Crippen LogP contribution in [-0.2, 0) is 20.7 Å². The monoisotopic (exact) mass is 415 g/mol. The second kappa shape index (κ2) is 9.34. The Morgan fingerprint density at radius 1 is 1.19 bits per heavy atom. The van der Waals surface area contributed by atoms with Gasteiger partial charge in [0, 0.05) is 16.2 Å². The van der Waals surface area contributed by atoms with Gasteiger partial charge < -0.3 is 10.1 Å². The summed E-state index contributed by atoms with van der Waals surface area (Å²) in [5.74, 6) is -0.916. The average molecular weight is 416 g/mol. The summed E-state index contributed by atoms with van der Waals surface area (Å²) < 4.78 is 5.92. The first-order valence-electron chi connectivity index (χ1n) is 8.40. The number of benzene rings is 2. The van der Waals surface area contributed by atoms with Crippen LogP contribution < -0.4 is 5.32 Å². The summed E-state index contributed by atoms with van der Waals surface area (Å²) in [6, 6.07) is 11.7. The van der Waals surface area contributed by atoms with Crippen molar-refractivity contribution in [1.82, 2.24) is 0 Å². The Balaban J connectivity index is 1.91. The first kappa shape index (κ1) is 19.9. The van der Waals surface area contributed by atoms with E-state index in [4.69, 9.17) is 4.74 Å². The Labute approximate surface area is 162 Å². The molecule has 0 bridgehead atoms. The van der Waals surface area contributed by atoms with E-state index in [1.165, 1.54) is 6.08 Å². The summed E-state index contributed by atoms with van der Waals surface area (Å²) >= 11 is 3.45. The van der Waals surface area contributed by atoms with E-state index in [0.717, 1.165) is 38.8 Å². The minimum Gasteiger partial charge on any atom is -0.452 e. The third kappa shape index (κ3) is 5.56. The van der Waals surface area contributed by atoms with Crippen molar-refractivity contribution in [3.05, 3.63) is 69.2 Å². The highest BCUT2D eigenvalue weighted by atomic mass is 79.9. The Morgan fingerprint density at radius 2 is 1.96 bits per heavy atom. The van der Waals surface area contributed by atoms with E-state index >= 15 is 0 Å². The van der Waals surface area contributed by atoms with Crippen LogP contribution in [0.25, 0.3) is 6.08 Å². The molecule has 0 aliphatic rings. The van der Waals surface area contributed by atoms with Gasteiger partial charge in [0.25, 0.3) is 5.91 Å². The maximum absolute atomic E-state index is 12.1. The Kier molecular flexibility index (Phi) is 7.16. The molecular weight excluding hydrogens is 394 g/mol. The summed E-state index contributed by atoms with van der Waals surface area (Å²) in [6.45, 7) is 5.63. The molecule has 0 fully saturated rings. The lowest BCUT2D eigenvalue weighted by molar-refractivity contribution is -0.142. The van der Waals surface area contributed by atoms with Crippen molar-refractivity contribution in [2.75, 3.05) is 11.9 Å². The van der Waals surface area contributed by atoms with E-state index < -0.39 is 5.97 Å². The molecule has 0 atom stereocenters. The Hall–Kier alpha value is -2.40. The smallest absolute Gasteiger partial charge is 0.331 e. The SMILES string of the molecule is CCc1cccc(C)c1NC(=O)COC(=O)/C=C/c1ccc(C)cc1Br. The lowest BCUT2D eigenvalue weighted by atomic mass is 10.1. The van der Waals surface area contributed by atoms with Gasteiger partial charge in [0.1, 0.15) is 0 Å². The minimum absolute atomic E-state index is 0.324. The first-order chi connectivity index (χ1) is 12.4. The lowest BCUT2D eigenvalue weighted by Crippen LogP contribution is -2.21. The molecule has 0 saturated heterocycles. The molecule has 1 amide bonds. The molecule has 0 aliphatic heterocycles. The predicted octanol–water partition coefficient (Wildman–Crippen LogP) is 4.82. The number of ether oxygens (including phenoxy) is 1. The fourth-order valence-corrected chi connectivity index (χ4v) is 3.11. The Bertz CT molecular complexity index is 843. The van der Waals surface area contributed by atoms with Crippen LogP contribution in [0, 0.1) is 13.8 Å². The van der Waals surface area contributed by atoms with Gasteiger partial charge in [0.05, 0.1) is 0 Å². The number of hydrogen-bond donors (Lipinski definition) is 1. The van der Waals surface area contributed by atoms with Gasteiger partial charge in [-0.25, -0.2) is 4.79 Å². The van der Waals surface area contributed by atoms with Crippen molar-refractivity contribution >= 4 is 39.6 Å². The maximum atomic E-state index is 12.1. The number of para-hydroxylation sites is 1. The van der Waals surface area contributed by atoms with Crippen molar-refractivity contribution in [2.24, 2.45) is 0 Å². The van der Waals surface area contributed by atoms with Crippen LogP contribution in [0.1, 0.15) is 29.2 Å². The van der Waals surface area contributed by atoms with Crippen LogP contribution in [0.5, 0.6) is 0 Å². The number of nitrogens with one attached hydrogen (secondary N) is 1. The summed E-state index contributed by atoms with van der Waals surface area (Å²) in [6.07, 6.45) is 3.78. The van der Waals surface area contributed by atoms with Crippen molar-refractivity contribution in [2.45, 2.75) is 27.2 Å². The molecule has 1 N–H and O–H groups in total. The van der Waals surface area contributed by atoms with E-state index in [1.54, 1.807) is 6.08 Å². The second-order valence-corrected chi connectivity index (χ2v) is 6.83. The number of aryl methyl sites for hydroxylation is 3. The third-order valence-electron chi connectivity index (χ3n) is 3.90. The normalized spacial score (nSPS) is 10.8. The van der Waals surface area contributed by atoms with Crippen LogP contribution in [0.3, 0.4) is 0 Å². The number of anilines is 1. The summed E-state index contributed by atoms with van der Waals surface area (Å²) in [7, 11) is 0. The molecule has 0 heterocycles. The van der Waals surface area contributed by atoms with Crippen LogP contribution >= 0.6 is 15.9 Å².